The number of benzene rings is 4. The predicted octanol–water partition coefficient (Wildman–Crippen LogP) is 2.75. The van der Waals surface area contributed by atoms with Crippen LogP contribution in [0.3, 0.4) is 0 Å². The van der Waals surface area contributed by atoms with E-state index in [0.717, 1.165) is 36.4 Å². The van der Waals surface area contributed by atoms with Crippen LogP contribution >= 0.6 is 11.6 Å². The van der Waals surface area contributed by atoms with Crippen molar-refractivity contribution >= 4 is 216 Å². The van der Waals surface area contributed by atoms with Crippen LogP contribution in [0.2, 0.25) is 5.28 Å². The van der Waals surface area contributed by atoms with E-state index in [-0.39, 0.29) is 130 Å². The standard InChI is InChI=1S/C25H18ClN7O13S4.4Na/c26-23-29-24(27-13-5-7-14(8-6-13)47(35,36)37)31-25(30-23)28-17-11-15(48(38,39)40)9-12-10-19(50(44,45)46)21(22(34)20(12)17)33-32-16-3-1-2-4-18(16)49(41,42)43;;;;/h1-11,34H,(H,35,36,37)(H,38,39,40)(H,41,42,43)(H,44,45,46)(H2,27,28,29,30,31);;;;. The first-order chi connectivity index (χ1) is 23.1. The normalized spacial score (nSPS) is 11.8. The molecule has 0 saturated heterocycles. The van der Waals surface area contributed by atoms with Crippen molar-refractivity contribution in [2.75, 3.05) is 10.6 Å². The Kier molecular flexibility index (Phi) is 18.6. The minimum Gasteiger partial charge on any atom is -0.505 e. The maximum atomic E-state index is 12.4. The number of nitrogens with one attached hydrogen (secondary N) is 2. The number of phenols is 1. The summed E-state index contributed by atoms with van der Waals surface area (Å²) in [5.74, 6) is -1.79. The Morgan fingerprint density at radius 2 is 1.13 bits per heavy atom. The number of fused-ring (bicyclic) bond motifs is 1. The molecular weight excluding hydrogens is 862 g/mol. The molecule has 1 heterocycles. The second-order valence-electron chi connectivity index (χ2n) is 9.73. The van der Waals surface area contributed by atoms with Crippen LogP contribution in [0.25, 0.3) is 10.8 Å². The Labute approximate surface area is 400 Å². The molecule has 0 spiro atoms. The summed E-state index contributed by atoms with van der Waals surface area (Å²) in [5.41, 5.74) is -1.72. The van der Waals surface area contributed by atoms with Crippen LogP contribution in [0.15, 0.2) is 96.5 Å². The first kappa shape index (κ1) is 51.1. The number of phenolic OH excluding ortho intramolecular Hbond substituents is 1. The van der Waals surface area contributed by atoms with Gasteiger partial charge in [0.05, 0.1) is 15.5 Å². The Hall–Kier alpha value is -0.920. The molecule has 1 aromatic heterocycles. The quantitative estimate of drug-likeness (QED) is 0.0602. The summed E-state index contributed by atoms with van der Waals surface area (Å²) in [6.45, 7) is 0. The third kappa shape index (κ3) is 12.5. The van der Waals surface area contributed by atoms with Crippen molar-refractivity contribution in [2.45, 2.75) is 19.6 Å². The molecule has 0 saturated carbocycles. The molecule has 4 radical (unpaired) electrons. The van der Waals surface area contributed by atoms with Gasteiger partial charge in [-0.25, -0.2) is 0 Å². The van der Waals surface area contributed by atoms with Gasteiger partial charge in [-0.2, -0.15) is 48.6 Å². The summed E-state index contributed by atoms with van der Waals surface area (Å²) in [6.07, 6.45) is 0. The molecule has 5 rings (SSSR count). The Morgan fingerprint density at radius 1 is 0.593 bits per heavy atom. The average molecular weight is 880 g/mol. The van der Waals surface area contributed by atoms with Crippen LogP contribution in [0, 0.1) is 0 Å². The zero-order valence-corrected chi connectivity index (χ0v) is 40.1. The van der Waals surface area contributed by atoms with Crippen molar-refractivity contribution in [1.29, 1.82) is 0 Å². The van der Waals surface area contributed by atoms with E-state index in [9.17, 15) is 57.0 Å². The van der Waals surface area contributed by atoms with Crippen molar-refractivity contribution < 1.29 is 57.0 Å². The van der Waals surface area contributed by atoms with Crippen LogP contribution in [0.5, 0.6) is 5.75 Å². The van der Waals surface area contributed by atoms with Gasteiger partial charge in [0, 0.05) is 129 Å². The SMILES string of the molecule is O=S(=O)(O)c1ccc(Nc2nc(Cl)nc(Nc3cc(S(=O)(=O)O)cc4cc(S(=O)(=O)O)c(N=Nc5ccccc5S(=O)(=O)O)c(O)c34)n2)cc1.[Na].[Na].[Na].[Na]. The molecule has 0 aliphatic carbocycles. The van der Waals surface area contributed by atoms with Crippen molar-refractivity contribution in [3.05, 3.63) is 72.0 Å². The van der Waals surface area contributed by atoms with E-state index in [4.69, 9.17) is 11.6 Å². The topological polar surface area (TPSA) is 325 Å². The molecule has 54 heavy (non-hydrogen) atoms. The van der Waals surface area contributed by atoms with Gasteiger partial charge in [0.2, 0.25) is 17.2 Å². The van der Waals surface area contributed by atoms with Crippen molar-refractivity contribution in [2.24, 2.45) is 10.2 Å². The van der Waals surface area contributed by atoms with Crippen LogP contribution in [0.1, 0.15) is 0 Å². The fourth-order valence-corrected chi connectivity index (χ4v) is 6.75. The average Bonchev–Trinajstić information content (AvgIpc) is 2.98. The number of anilines is 4. The molecule has 5 aromatic rings. The predicted molar refractivity (Wildman–Crippen MR) is 196 cm³/mol. The first-order valence-corrected chi connectivity index (χ1v) is 19.1. The monoisotopic (exact) mass is 879 g/mol. The van der Waals surface area contributed by atoms with Crippen LogP contribution < -0.4 is 10.6 Å². The van der Waals surface area contributed by atoms with Gasteiger partial charge in [-0.3, -0.25) is 18.2 Å². The zero-order chi connectivity index (χ0) is 36.8. The molecule has 29 heteroatoms. The van der Waals surface area contributed by atoms with Gasteiger partial charge >= 0.3 is 0 Å². The molecule has 0 atom stereocenters. The largest absolute Gasteiger partial charge is 0.505 e. The Morgan fingerprint density at radius 3 is 1.67 bits per heavy atom. The summed E-state index contributed by atoms with van der Waals surface area (Å²) in [6, 6.07) is 11.3. The molecular formula is C25H18ClN7Na4O13S4. The molecule has 7 N–H and O–H groups in total. The third-order valence-corrected chi connectivity index (χ3v) is 10.00. The Bertz CT molecular complexity index is 2700. The Balaban J connectivity index is 0.00000364. The third-order valence-electron chi connectivity index (χ3n) is 6.36. The van der Waals surface area contributed by atoms with Gasteiger partial charge in [0.25, 0.3) is 40.5 Å². The van der Waals surface area contributed by atoms with Crippen LogP contribution in [0.4, 0.5) is 34.6 Å². The fourth-order valence-electron chi connectivity index (χ4n) is 4.28. The number of aromatic nitrogens is 3. The number of hydrogen-bond donors (Lipinski definition) is 7. The second kappa shape index (κ2) is 19.7. The minimum absolute atomic E-state index is 0. The summed E-state index contributed by atoms with van der Waals surface area (Å²) in [4.78, 5) is 8.65. The molecule has 266 valence electrons. The maximum absolute atomic E-state index is 12.4. The zero-order valence-electron chi connectivity index (χ0n) is 28.1. The minimum atomic E-state index is -5.28. The number of azo groups is 1. The summed E-state index contributed by atoms with van der Waals surface area (Å²) in [5, 5.41) is 22.5. The summed E-state index contributed by atoms with van der Waals surface area (Å²) >= 11 is 6.04. The van der Waals surface area contributed by atoms with Crippen molar-refractivity contribution in [3.63, 3.8) is 0 Å². The van der Waals surface area contributed by atoms with Gasteiger partial charge in [-0.1, -0.05) is 12.1 Å². The van der Waals surface area contributed by atoms with E-state index in [1.54, 1.807) is 0 Å². The van der Waals surface area contributed by atoms with Gasteiger partial charge in [0.1, 0.15) is 21.2 Å². The molecule has 4 aromatic carbocycles. The summed E-state index contributed by atoms with van der Waals surface area (Å²) < 4.78 is 134. The van der Waals surface area contributed by atoms with Gasteiger partial charge < -0.3 is 15.7 Å². The van der Waals surface area contributed by atoms with E-state index >= 15 is 0 Å². The second-order valence-corrected chi connectivity index (χ2v) is 15.7. The molecule has 0 amide bonds. The molecule has 20 nitrogen and oxygen atoms in total. The van der Waals surface area contributed by atoms with E-state index in [2.05, 4.69) is 35.8 Å². The number of aromatic hydroxyl groups is 1. The number of nitrogens with zero attached hydrogens (tertiary/aromatic N) is 5. The number of rotatable bonds is 10. The molecule has 0 aliphatic rings. The van der Waals surface area contributed by atoms with Gasteiger partial charge in [-0.05, 0) is 71.6 Å². The summed E-state index contributed by atoms with van der Waals surface area (Å²) in [7, 11) is -19.7. The maximum Gasteiger partial charge on any atom is 0.296 e. The molecule has 0 bridgehead atoms. The van der Waals surface area contributed by atoms with E-state index < -0.39 is 105 Å². The van der Waals surface area contributed by atoms with E-state index in [1.165, 1.54) is 24.3 Å². The molecule has 0 aliphatic heterocycles. The van der Waals surface area contributed by atoms with Gasteiger partial charge in [-0.15, -0.1) is 10.2 Å². The van der Waals surface area contributed by atoms with E-state index in [1.807, 2.05) is 0 Å². The fraction of sp³-hybridized carbons (Fsp3) is 0. The number of halogens is 1. The van der Waals surface area contributed by atoms with Crippen LogP contribution in [-0.2, 0) is 40.5 Å². The molecule has 0 unspecified atom stereocenters. The molecule has 0 fully saturated rings. The van der Waals surface area contributed by atoms with Crippen LogP contribution in [-0.4, -0.2) is 190 Å². The van der Waals surface area contributed by atoms with E-state index in [0.29, 0.717) is 6.07 Å². The first-order valence-electron chi connectivity index (χ1n) is 12.9. The van der Waals surface area contributed by atoms with Gasteiger partial charge in [0.15, 0.2) is 5.75 Å². The van der Waals surface area contributed by atoms with Crippen molar-refractivity contribution in [3.8, 4) is 5.75 Å². The smallest absolute Gasteiger partial charge is 0.296 e. The van der Waals surface area contributed by atoms with Crippen molar-refractivity contribution in [1.82, 2.24) is 15.0 Å². The number of hydrogen-bond acceptors (Lipinski definition) is 16.